The van der Waals surface area contributed by atoms with Gasteiger partial charge in [-0.2, -0.15) is 0 Å². The van der Waals surface area contributed by atoms with Gasteiger partial charge in [-0.05, 0) is 25.0 Å². The minimum Gasteiger partial charge on any atom is -0.503 e. The van der Waals surface area contributed by atoms with Crippen LogP contribution in [-0.2, 0) is 9.59 Å². The SMILES string of the molecule is CCCCCCN1C(=O)C(O)=C(C(C)=O)[C@@H]1c1ccccc1Cl. The second-order valence-electron chi connectivity index (χ2n) is 5.80. The number of benzene rings is 1. The van der Waals surface area contributed by atoms with Crippen molar-refractivity contribution in [3.8, 4) is 0 Å². The highest BCUT2D eigenvalue weighted by molar-refractivity contribution is 6.31. The molecule has 0 saturated carbocycles. The topological polar surface area (TPSA) is 57.6 Å². The molecular formula is C18H22ClNO3. The molecule has 0 saturated heterocycles. The Balaban J connectivity index is 2.35. The Bertz CT molecular complexity index is 639. The van der Waals surface area contributed by atoms with Crippen molar-refractivity contribution in [1.29, 1.82) is 0 Å². The summed E-state index contributed by atoms with van der Waals surface area (Å²) in [5.41, 5.74) is 0.811. The lowest BCUT2D eigenvalue weighted by atomic mass is 9.96. The van der Waals surface area contributed by atoms with Gasteiger partial charge in [0.15, 0.2) is 11.5 Å². The number of rotatable bonds is 7. The molecule has 5 heteroatoms. The van der Waals surface area contributed by atoms with E-state index in [1.807, 2.05) is 6.07 Å². The maximum Gasteiger partial charge on any atom is 0.290 e. The van der Waals surface area contributed by atoms with Gasteiger partial charge in [-0.3, -0.25) is 9.59 Å². The maximum absolute atomic E-state index is 12.4. The molecule has 1 aromatic rings. The molecule has 1 heterocycles. The molecule has 1 atom stereocenters. The van der Waals surface area contributed by atoms with Crippen LogP contribution in [0.25, 0.3) is 0 Å². The predicted molar refractivity (Wildman–Crippen MR) is 90.4 cm³/mol. The van der Waals surface area contributed by atoms with Gasteiger partial charge in [0.1, 0.15) is 0 Å². The summed E-state index contributed by atoms with van der Waals surface area (Å²) in [6.45, 7) is 3.98. The van der Waals surface area contributed by atoms with Gasteiger partial charge in [-0.15, -0.1) is 0 Å². The van der Waals surface area contributed by atoms with Crippen LogP contribution in [0.4, 0.5) is 0 Å². The molecule has 2 rings (SSSR count). The minimum atomic E-state index is -0.602. The third kappa shape index (κ3) is 3.58. The lowest BCUT2D eigenvalue weighted by molar-refractivity contribution is -0.129. The summed E-state index contributed by atoms with van der Waals surface area (Å²) >= 11 is 6.27. The van der Waals surface area contributed by atoms with Gasteiger partial charge in [0.05, 0.1) is 11.6 Å². The largest absolute Gasteiger partial charge is 0.503 e. The molecule has 0 aliphatic carbocycles. The number of amides is 1. The van der Waals surface area contributed by atoms with Gasteiger partial charge in [-0.1, -0.05) is 56.0 Å². The standard InChI is InChI=1S/C18H22ClNO3/c1-3-4-5-8-11-20-16(13-9-6-7-10-14(13)19)15(12(2)21)17(22)18(20)23/h6-7,9-10,16,22H,3-5,8,11H2,1-2H3/t16-/m0/s1. The summed E-state index contributed by atoms with van der Waals surface area (Å²) in [7, 11) is 0. The normalized spacial score (nSPS) is 18.0. The highest BCUT2D eigenvalue weighted by atomic mass is 35.5. The second-order valence-corrected chi connectivity index (χ2v) is 6.21. The fourth-order valence-electron chi connectivity index (χ4n) is 2.97. The van der Waals surface area contributed by atoms with Crippen LogP contribution < -0.4 is 0 Å². The van der Waals surface area contributed by atoms with Gasteiger partial charge in [0.2, 0.25) is 0 Å². The number of carbonyl (C=O) groups is 2. The minimum absolute atomic E-state index is 0.138. The number of halogens is 1. The quantitative estimate of drug-likeness (QED) is 0.759. The van der Waals surface area contributed by atoms with Crippen molar-refractivity contribution in [3.63, 3.8) is 0 Å². The van der Waals surface area contributed by atoms with E-state index in [9.17, 15) is 14.7 Å². The van der Waals surface area contributed by atoms with Crippen LogP contribution >= 0.6 is 11.6 Å². The third-order valence-electron chi connectivity index (χ3n) is 4.14. The van der Waals surface area contributed by atoms with Crippen LogP contribution in [-0.4, -0.2) is 28.2 Å². The molecule has 1 amide bonds. The highest BCUT2D eigenvalue weighted by Gasteiger charge is 2.42. The van der Waals surface area contributed by atoms with Crippen LogP contribution in [0.3, 0.4) is 0 Å². The Labute approximate surface area is 141 Å². The molecule has 124 valence electrons. The van der Waals surface area contributed by atoms with Crippen LogP contribution in [0.15, 0.2) is 35.6 Å². The fraction of sp³-hybridized carbons (Fsp3) is 0.444. The van der Waals surface area contributed by atoms with E-state index in [0.29, 0.717) is 17.1 Å². The van der Waals surface area contributed by atoms with Crippen molar-refractivity contribution >= 4 is 23.3 Å². The summed E-state index contributed by atoms with van der Waals surface area (Å²) < 4.78 is 0. The van der Waals surface area contributed by atoms with E-state index in [2.05, 4.69) is 6.92 Å². The molecule has 1 aromatic carbocycles. The number of carbonyl (C=O) groups excluding carboxylic acids is 2. The Morgan fingerprint density at radius 2 is 1.96 bits per heavy atom. The molecular weight excluding hydrogens is 314 g/mol. The van der Waals surface area contributed by atoms with E-state index in [4.69, 9.17) is 11.6 Å². The zero-order valence-corrected chi connectivity index (χ0v) is 14.3. The average Bonchev–Trinajstić information content (AvgIpc) is 2.76. The first kappa shape index (κ1) is 17.5. The van der Waals surface area contributed by atoms with Crippen LogP contribution in [0.5, 0.6) is 0 Å². The Morgan fingerprint density at radius 1 is 1.26 bits per heavy atom. The molecule has 0 radical (unpaired) electrons. The number of hydrogen-bond donors (Lipinski definition) is 1. The van der Waals surface area contributed by atoms with Crippen LogP contribution in [0.1, 0.15) is 51.1 Å². The van der Waals surface area contributed by atoms with Crippen molar-refractivity contribution in [1.82, 2.24) is 4.90 Å². The van der Waals surface area contributed by atoms with Crippen molar-refractivity contribution in [2.24, 2.45) is 0 Å². The third-order valence-corrected chi connectivity index (χ3v) is 4.48. The van der Waals surface area contributed by atoms with Gasteiger partial charge in [0.25, 0.3) is 5.91 Å². The summed E-state index contributed by atoms with van der Waals surface area (Å²) in [5.74, 6) is -1.24. The van der Waals surface area contributed by atoms with E-state index in [0.717, 1.165) is 25.7 Å². The first-order chi connectivity index (χ1) is 11.0. The second kappa shape index (κ2) is 7.64. The molecule has 0 bridgehead atoms. The number of unbranched alkanes of at least 4 members (excludes halogenated alkanes) is 3. The maximum atomic E-state index is 12.4. The van der Waals surface area contributed by atoms with E-state index >= 15 is 0 Å². The number of Topliss-reactive ketones (excluding diaryl/α,β-unsaturated/α-hetero) is 1. The Morgan fingerprint density at radius 3 is 2.57 bits per heavy atom. The summed E-state index contributed by atoms with van der Waals surface area (Å²) in [6.07, 6.45) is 4.03. The lowest BCUT2D eigenvalue weighted by Gasteiger charge is -2.27. The first-order valence-corrected chi connectivity index (χ1v) is 8.36. The highest BCUT2D eigenvalue weighted by Crippen LogP contribution is 2.40. The van der Waals surface area contributed by atoms with Crippen molar-refractivity contribution < 1.29 is 14.7 Å². The van der Waals surface area contributed by atoms with E-state index in [-0.39, 0.29) is 11.4 Å². The molecule has 1 N–H and O–H groups in total. The number of aliphatic hydroxyl groups is 1. The molecule has 0 aromatic heterocycles. The van der Waals surface area contributed by atoms with Crippen molar-refractivity contribution in [2.75, 3.05) is 6.54 Å². The zero-order chi connectivity index (χ0) is 17.0. The number of aliphatic hydroxyl groups excluding tert-OH is 1. The molecule has 0 spiro atoms. The van der Waals surface area contributed by atoms with Crippen LogP contribution in [0.2, 0.25) is 5.02 Å². The summed E-state index contributed by atoms with van der Waals surface area (Å²) in [4.78, 5) is 25.9. The van der Waals surface area contributed by atoms with E-state index < -0.39 is 17.7 Å². The van der Waals surface area contributed by atoms with Gasteiger partial charge < -0.3 is 10.0 Å². The average molecular weight is 336 g/mol. The monoisotopic (exact) mass is 335 g/mol. The molecule has 23 heavy (non-hydrogen) atoms. The van der Waals surface area contributed by atoms with Crippen molar-refractivity contribution in [3.05, 3.63) is 46.2 Å². The van der Waals surface area contributed by atoms with Gasteiger partial charge >= 0.3 is 0 Å². The fourth-order valence-corrected chi connectivity index (χ4v) is 3.21. The van der Waals surface area contributed by atoms with E-state index in [1.54, 1.807) is 23.1 Å². The predicted octanol–water partition coefficient (Wildman–Crippen LogP) is 4.20. The number of nitrogens with zero attached hydrogens (tertiary/aromatic N) is 1. The molecule has 0 unspecified atom stereocenters. The summed E-state index contributed by atoms with van der Waals surface area (Å²) in [6, 6.07) is 6.53. The van der Waals surface area contributed by atoms with Crippen molar-refractivity contribution in [2.45, 2.75) is 45.6 Å². The molecule has 1 aliphatic heterocycles. The Kier molecular flexibility index (Phi) is 5.83. The van der Waals surface area contributed by atoms with E-state index in [1.165, 1.54) is 6.92 Å². The lowest BCUT2D eigenvalue weighted by Crippen LogP contribution is -2.32. The number of ketones is 1. The zero-order valence-electron chi connectivity index (χ0n) is 13.5. The molecule has 0 fully saturated rings. The number of hydrogen-bond acceptors (Lipinski definition) is 3. The molecule has 1 aliphatic rings. The summed E-state index contributed by atoms with van der Waals surface area (Å²) in [5, 5.41) is 10.6. The van der Waals surface area contributed by atoms with Crippen LogP contribution in [0, 0.1) is 0 Å². The van der Waals surface area contributed by atoms with Gasteiger partial charge in [-0.25, -0.2) is 0 Å². The molecule has 4 nitrogen and oxygen atoms in total. The Hall–Kier alpha value is -1.81. The van der Waals surface area contributed by atoms with Gasteiger partial charge in [0, 0.05) is 11.6 Å². The smallest absolute Gasteiger partial charge is 0.290 e. The first-order valence-electron chi connectivity index (χ1n) is 7.98.